The number of carbonyl (C=O) groups is 3. The van der Waals surface area contributed by atoms with Crippen LogP contribution >= 0.6 is 0 Å². The van der Waals surface area contributed by atoms with Crippen molar-refractivity contribution >= 4 is 24.0 Å². The first kappa shape index (κ1) is 19.1. The number of anilines is 1. The molecule has 2 heterocycles. The van der Waals surface area contributed by atoms with Crippen molar-refractivity contribution in [3.8, 4) is 0 Å². The number of rotatable bonds is 6. The summed E-state index contributed by atoms with van der Waals surface area (Å²) in [6, 6.07) is 6.07. The summed E-state index contributed by atoms with van der Waals surface area (Å²) < 4.78 is 0. The SMILES string of the molecule is C=CC(C)(C)[C@@]12C[C@@H](C(=O)N[C@H](C)C(=O)O)N[C@@H]1N(C=O)c1ccccc12. The van der Waals surface area contributed by atoms with E-state index in [9.17, 15) is 14.4 Å². The zero-order chi connectivity index (χ0) is 20.0. The Morgan fingerprint density at radius 1 is 1.44 bits per heavy atom. The fraction of sp³-hybridized carbons (Fsp3) is 0.450. The Labute approximate surface area is 158 Å². The van der Waals surface area contributed by atoms with E-state index in [1.54, 1.807) is 4.90 Å². The number of para-hydroxylation sites is 1. The molecule has 2 amide bonds. The molecule has 2 aliphatic rings. The third-order valence-corrected chi connectivity index (χ3v) is 6.11. The number of benzene rings is 1. The molecule has 3 N–H and O–H groups in total. The number of aliphatic carboxylic acids is 1. The molecule has 1 saturated heterocycles. The molecule has 144 valence electrons. The lowest BCUT2D eigenvalue weighted by Crippen LogP contribution is -2.54. The fourth-order valence-electron chi connectivity index (χ4n) is 4.42. The van der Waals surface area contributed by atoms with E-state index in [4.69, 9.17) is 5.11 Å². The Hall–Kier alpha value is -2.67. The molecule has 27 heavy (non-hydrogen) atoms. The molecule has 7 heteroatoms. The molecule has 0 radical (unpaired) electrons. The van der Waals surface area contributed by atoms with E-state index < -0.39 is 35.0 Å². The number of fused-ring (bicyclic) bond motifs is 3. The van der Waals surface area contributed by atoms with Crippen molar-refractivity contribution in [2.45, 2.75) is 50.9 Å². The summed E-state index contributed by atoms with van der Waals surface area (Å²) in [5.74, 6) is -1.48. The maximum Gasteiger partial charge on any atom is 0.325 e. The van der Waals surface area contributed by atoms with Crippen LogP contribution in [0.5, 0.6) is 0 Å². The number of amides is 2. The van der Waals surface area contributed by atoms with Gasteiger partial charge in [0.1, 0.15) is 6.04 Å². The van der Waals surface area contributed by atoms with Gasteiger partial charge in [0.2, 0.25) is 12.3 Å². The molecule has 3 rings (SSSR count). The van der Waals surface area contributed by atoms with Gasteiger partial charge >= 0.3 is 5.97 Å². The van der Waals surface area contributed by atoms with Gasteiger partial charge in [0, 0.05) is 11.1 Å². The van der Waals surface area contributed by atoms with E-state index in [1.807, 2.05) is 44.2 Å². The summed E-state index contributed by atoms with van der Waals surface area (Å²) in [6.07, 6.45) is 2.64. The summed E-state index contributed by atoms with van der Waals surface area (Å²) >= 11 is 0. The number of hydrogen-bond donors (Lipinski definition) is 3. The summed E-state index contributed by atoms with van der Waals surface area (Å²) in [4.78, 5) is 37.3. The van der Waals surface area contributed by atoms with Crippen LogP contribution in [-0.4, -0.2) is 41.6 Å². The van der Waals surface area contributed by atoms with Crippen LogP contribution in [0, 0.1) is 5.41 Å². The molecule has 7 nitrogen and oxygen atoms in total. The van der Waals surface area contributed by atoms with Gasteiger partial charge in [-0.05, 0) is 30.4 Å². The molecule has 4 atom stereocenters. The molecular formula is C20H25N3O4. The second kappa shape index (κ2) is 6.49. The predicted molar refractivity (Wildman–Crippen MR) is 101 cm³/mol. The zero-order valence-electron chi connectivity index (χ0n) is 15.7. The first-order chi connectivity index (χ1) is 12.7. The normalized spacial score (nSPS) is 27.4. The van der Waals surface area contributed by atoms with Gasteiger partial charge in [0.15, 0.2) is 0 Å². The van der Waals surface area contributed by atoms with Crippen molar-refractivity contribution in [2.75, 3.05) is 4.90 Å². The van der Waals surface area contributed by atoms with E-state index in [0.29, 0.717) is 6.42 Å². The van der Waals surface area contributed by atoms with Crippen LogP contribution in [-0.2, 0) is 19.8 Å². The highest BCUT2D eigenvalue weighted by Crippen LogP contribution is 2.58. The summed E-state index contributed by atoms with van der Waals surface area (Å²) in [6.45, 7) is 9.49. The minimum absolute atomic E-state index is 0.387. The topological polar surface area (TPSA) is 98.7 Å². The van der Waals surface area contributed by atoms with E-state index in [-0.39, 0.29) is 5.91 Å². The Bertz CT molecular complexity index is 806. The molecule has 0 bridgehead atoms. The maximum absolute atomic E-state index is 12.7. The molecule has 1 aromatic carbocycles. The van der Waals surface area contributed by atoms with Crippen LogP contribution in [0.15, 0.2) is 36.9 Å². The molecule has 0 aliphatic carbocycles. The lowest BCUT2D eigenvalue weighted by atomic mass is 9.60. The fourth-order valence-corrected chi connectivity index (χ4v) is 4.42. The molecule has 2 aliphatic heterocycles. The van der Waals surface area contributed by atoms with Crippen molar-refractivity contribution in [2.24, 2.45) is 5.41 Å². The third-order valence-electron chi connectivity index (χ3n) is 6.11. The summed E-state index contributed by atoms with van der Waals surface area (Å²) in [7, 11) is 0. The summed E-state index contributed by atoms with van der Waals surface area (Å²) in [5.41, 5.74) is 0.825. The van der Waals surface area contributed by atoms with Gasteiger partial charge < -0.3 is 10.4 Å². The van der Waals surface area contributed by atoms with Gasteiger partial charge in [-0.15, -0.1) is 6.58 Å². The first-order valence-electron chi connectivity index (χ1n) is 8.95. The first-order valence-corrected chi connectivity index (χ1v) is 8.95. The average molecular weight is 371 g/mol. The minimum Gasteiger partial charge on any atom is -0.480 e. The van der Waals surface area contributed by atoms with Crippen molar-refractivity contribution in [3.05, 3.63) is 42.5 Å². The van der Waals surface area contributed by atoms with E-state index in [0.717, 1.165) is 17.7 Å². The van der Waals surface area contributed by atoms with Crippen LogP contribution < -0.4 is 15.5 Å². The van der Waals surface area contributed by atoms with Gasteiger partial charge in [0.05, 0.1) is 12.2 Å². The predicted octanol–water partition coefficient (Wildman–Crippen LogP) is 1.39. The molecular weight excluding hydrogens is 346 g/mol. The van der Waals surface area contributed by atoms with Gasteiger partial charge in [-0.1, -0.05) is 38.1 Å². The molecule has 0 unspecified atom stereocenters. The molecule has 1 aromatic rings. The van der Waals surface area contributed by atoms with Crippen molar-refractivity contribution in [1.29, 1.82) is 0 Å². The quantitative estimate of drug-likeness (QED) is 0.518. The van der Waals surface area contributed by atoms with E-state index in [1.165, 1.54) is 6.92 Å². The lowest BCUT2D eigenvalue weighted by Gasteiger charge is -2.43. The van der Waals surface area contributed by atoms with Crippen molar-refractivity contribution in [3.63, 3.8) is 0 Å². The highest BCUT2D eigenvalue weighted by Gasteiger charge is 2.63. The van der Waals surface area contributed by atoms with Crippen LogP contribution in [0.4, 0.5) is 5.69 Å². The summed E-state index contributed by atoms with van der Waals surface area (Å²) in [5, 5.41) is 14.8. The Kier molecular flexibility index (Phi) is 4.59. The molecule has 0 aromatic heterocycles. The van der Waals surface area contributed by atoms with Gasteiger partial charge in [0.25, 0.3) is 0 Å². The Morgan fingerprint density at radius 3 is 2.70 bits per heavy atom. The monoisotopic (exact) mass is 371 g/mol. The third kappa shape index (κ3) is 2.65. The van der Waals surface area contributed by atoms with Crippen molar-refractivity contribution < 1.29 is 19.5 Å². The number of carboxylic acids is 1. The number of nitrogens with one attached hydrogen (secondary N) is 2. The number of nitrogens with zero attached hydrogens (tertiary/aromatic N) is 1. The standard InChI is InChI=1S/C20H25N3O4/c1-5-19(3,4)20-10-14(16(25)21-12(2)17(26)27)22-18(20)23(11-24)15-9-7-6-8-13(15)20/h5-9,11-12,14,18,22H,1,10H2,2-4H3,(H,21,25)(H,26,27)/t12-,14+,18-,20-/m1/s1. The smallest absolute Gasteiger partial charge is 0.325 e. The van der Waals surface area contributed by atoms with Crippen LogP contribution in [0.1, 0.15) is 32.8 Å². The molecule has 1 fully saturated rings. The second-order valence-electron chi connectivity index (χ2n) is 7.82. The number of allylic oxidation sites excluding steroid dienone is 1. The molecule has 0 saturated carbocycles. The zero-order valence-corrected chi connectivity index (χ0v) is 15.7. The highest BCUT2D eigenvalue weighted by molar-refractivity contribution is 5.89. The van der Waals surface area contributed by atoms with Crippen LogP contribution in [0.3, 0.4) is 0 Å². The largest absolute Gasteiger partial charge is 0.480 e. The van der Waals surface area contributed by atoms with Crippen LogP contribution in [0.25, 0.3) is 0 Å². The van der Waals surface area contributed by atoms with E-state index >= 15 is 0 Å². The average Bonchev–Trinajstić information content (AvgIpc) is 3.15. The second-order valence-corrected chi connectivity index (χ2v) is 7.82. The molecule has 0 spiro atoms. The van der Waals surface area contributed by atoms with Crippen molar-refractivity contribution in [1.82, 2.24) is 10.6 Å². The maximum atomic E-state index is 12.7. The number of carboxylic acid groups (broad SMARTS) is 1. The van der Waals surface area contributed by atoms with Crippen LogP contribution in [0.2, 0.25) is 0 Å². The Morgan fingerprint density at radius 2 is 2.11 bits per heavy atom. The Balaban J connectivity index is 2.05. The van der Waals surface area contributed by atoms with Gasteiger partial charge in [-0.25, -0.2) is 0 Å². The lowest BCUT2D eigenvalue weighted by molar-refractivity contribution is -0.141. The number of hydrogen-bond acceptors (Lipinski definition) is 4. The van der Waals surface area contributed by atoms with Gasteiger partial charge in [-0.3, -0.25) is 24.6 Å². The number of carbonyl (C=O) groups excluding carboxylic acids is 2. The van der Waals surface area contributed by atoms with Gasteiger partial charge in [-0.2, -0.15) is 0 Å². The van der Waals surface area contributed by atoms with E-state index in [2.05, 4.69) is 17.2 Å². The minimum atomic E-state index is -1.09. The highest BCUT2D eigenvalue weighted by atomic mass is 16.4.